The minimum Gasteiger partial charge on any atom is -0.494 e. The van der Waals surface area contributed by atoms with E-state index in [0.717, 1.165) is 24.5 Å². The van der Waals surface area contributed by atoms with Crippen LogP contribution in [0.5, 0.6) is 11.5 Å². The first-order chi connectivity index (χ1) is 8.79. The molecule has 1 atom stereocenters. The summed E-state index contributed by atoms with van der Waals surface area (Å²) in [5.74, 6) is 1.83. The maximum Gasteiger partial charge on any atom is 0.119 e. The zero-order valence-electron chi connectivity index (χ0n) is 11.4. The van der Waals surface area contributed by atoms with Gasteiger partial charge in [0.2, 0.25) is 0 Å². The number of benzene rings is 1. The van der Waals surface area contributed by atoms with Gasteiger partial charge in [0.05, 0.1) is 13.2 Å². The smallest absolute Gasteiger partial charge is 0.119 e. The van der Waals surface area contributed by atoms with Gasteiger partial charge in [0.15, 0.2) is 0 Å². The molecule has 1 aromatic carbocycles. The average molecular weight is 249 g/mol. The summed E-state index contributed by atoms with van der Waals surface area (Å²) < 4.78 is 11.2. The molecule has 1 aromatic rings. The van der Waals surface area contributed by atoms with Gasteiger partial charge < -0.3 is 14.4 Å². The molecule has 0 aromatic heterocycles. The Kier molecular flexibility index (Phi) is 4.88. The highest BCUT2D eigenvalue weighted by Gasteiger charge is 2.20. The molecule has 1 unspecified atom stereocenters. The van der Waals surface area contributed by atoms with Crippen molar-refractivity contribution in [1.29, 1.82) is 0 Å². The lowest BCUT2D eigenvalue weighted by Crippen LogP contribution is -2.26. The van der Waals surface area contributed by atoms with Crippen molar-refractivity contribution in [2.75, 3.05) is 26.8 Å². The van der Waals surface area contributed by atoms with Crippen molar-refractivity contribution in [1.82, 2.24) is 4.90 Å². The molecule has 0 amide bonds. The maximum atomic E-state index is 5.77. The molecule has 18 heavy (non-hydrogen) atoms. The lowest BCUT2D eigenvalue weighted by Gasteiger charge is -2.19. The normalized spacial score (nSPS) is 20.0. The first kappa shape index (κ1) is 13.2. The summed E-state index contributed by atoms with van der Waals surface area (Å²) in [4.78, 5) is 2.43. The van der Waals surface area contributed by atoms with E-state index < -0.39 is 0 Å². The van der Waals surface area contributed by atoms with Crippen molar-refractivity contribution < 1.29 is 9.47 Å². The Hall–Kier alpha value is -1.22. The Balaban J connectivity index is 1.72. The molecule has 1 aliphatic heterocycles. The molecule has 100 valence electrons. The van der Waals surface area contributed by atoms with E-state index in [4.69, 9.17) is 9.47 Å². The number of hydrogen-bond acceptors (Lipinski definition) is 3. The van der Waals surface area contributed by atoms with Crippen LogP contribution >= 0.6 is 0 Å². The number of likely N-dealkylation sites (tertiary alicyclic amines) is 1. The summed E-state index contributed by atoms with van der Waals surface area (Å²) in [6, 6.07) is 8.57. The molecule has 0 saturated carbocycles. The number of hydrogen-bond donors (Lipinski definition) is 0. The van der Waals surface area contributed by atoms with Gasteiger partial charge in [-0.3, -0.25) is 0 Å². The summed E-state index contributed by atoms with van der Waals surface area (Å²) in [6.45, 7) is 4.72. The average Bonchev–Trinajstić information content (AvgIpc) is 2.78. The van der Waals surface area contributed by atoms with Crippen LogP contribution in [0.2, 0.25) is 0 Å². The molecular weight excluding hydrogens is 226 g/mol. The van der Waals surface area contributed by atoms with Crippen LogP contribution in [-0.4, -0.2) is 37.7 Å². The van der Waals surface area contributed by atoms with Crippen LogP contribution in [0.4, 0.5) is 0 Å². The Morgan fingerprint density at radius 3 is 2.39 bits per heavy atom. The molecule has 1 saturated heterocycles. The fraction of sp³-hybridized carbons (Fsp3) is 0.600. The van der Waals surface area contributed by atoms with E-state index >= 15 is 0 Å². The van der Waals surface area contributed by atoms with E-state index in [1.807, 2.05) is 31.2 Å². The topological polar surface area (TPSA) is 21.7 Å². The maximum absolute atomic E-state index is 5.77. The summed E-state index contributed by atoms with van der Waals surface area (Å²) in [6.07, 6.45) is 3.75. The predicted octanol–water partition coefficient (Wildman–Crippen LogP) is 2.95. The van der Waals surface area contributed by atoms with Gasteiger partial charge in [0.25, 0.3) is 0 Å². The molecule has 0 radical (unpaired) electrons. The Morgan fingerprint density at radius 1 is 1.17 bits per heavy atom. The molecule has 2 rings (SSSR count). The first-order valence-electron chi connectivity index (χ1n) is 6.85. The molecule has 0 N–H and O–H groups in total. The van der Waals surface area contributed by atoms with Crippen molar-refractivity contribution in [3.63, 3.8) is 0 Å². The van der Waals surface area contributed by atoms with Gasteiger partial charge in [0.1, 0.15) is 11.5 Å². The van der Waals surface area contributed by atoms with Gasteiger partial charge in [0, 0.05) is 6.04 Å². The number of nitrogens with zero attached hydrogens (tertiary/aromatic N) is 1. The molecule has 1 aliphatic rings. The fourth-order valence-electron chi connectivity index (χ4n) is 2.46. The quantitative estimate of drug-likeness (QED) is 0.773. The highest BCUT2D eigenvalue weighted by Crippen LogP contribution is 2.20. The third kappa shape index (κ3) is 3.64. The molecule has 3 nitrogen and oxygen atoms in total. The second-order valence-electron chi connectivity index (χ2n) is 4.82. The van der Waals surface area contributed by atoms with Crippen LogP contribution in [0.1, 0.15) is 26.2 Å². The Labute approximate surface area is 110 Å². The van der Waals surface area contributed by atoms with Gasteiger partial charge in [-0.2, -0.15) is 0 Å². The van der Waals surface area contributed by atoms with E-state index in [2.05, 4.69) is 11.9 Å². The van der Waals surface area contributed by atoms with Crippen molar-refractivity contribution in [3.05, 3.63) is 24.3 Å². The number of rotatable bonds is 6. The minimum absolute atomic E-state index is 0.702. The standard InChI is InChI=1S/C15H23NO2/c1-3-17-14-6-8-15(9-7-14)18-12-10-13-5-4-11-16(13)2/h6-9,13H,3-5,10-12H2,1-2H3. The van der Waals surface area contributed by atoms with E-state index in [-0.39, 0.29) is 0 Å². The van der Waals surface area contributed by atoms with E-state index in [1.54, 1.807) is 0 Å². The second-order valence-corrected chi connectivity index (χ2v) is 4.82. The van der Waals surface area contributed by atoms with Crippen molar-refractivity contribution >= 4 is 0 Å². The minimum atomic E-state index is 0.702. The van der Waals surface area contributed by atoms with Gasteiger partial charge in [-0.25, -0.2) is 0 Å². The second kappa shape index (κ2) is 6.64. The monoisotopic (exact) mass is 249 g/mol. The summed E-state index contributed by atoms with van der Waals surface area (Å²) in [7, 11) is 2.20. The van der Waals surface area contributed by atoms with Crippen LogP contribution in [0.25, 0.3) is 0 Å². The summed E-state index contributed by atoms with van der Waals surface area (Å²) in [5, 5.41) is 0. The Morgan fingerprint density at radius 2 is 1.83 bits per heavy atom. The molecule has 0 bridgehead atoms. The van der Waals surface area contributed by atoms with Crippen LogP contribution < -0.4 is 9.47 Å². The number of ether oxygens (including phenoxy) is 2. The van der Waals surface area contributed by atoms with Gasteiger partial charge in [-0.1, -0.05) is 0 Å². The van der Waals surface area contributed by atoms with Gasteiger partial charge in [-0.15, -0.1) is 0 Å². The van der Waals surface area contributed by atoms with Gasteiger partial charge in [-0.05, 0) is 64.0 Å². The zero-order valence-corrected chi connectivity index (χ0v) is 11.4. The fourth-order valence-corrected chi connectivity index (χ4v) is 2.46. The first-order valence-corrected chi connectivity index (χ1v) is 6.85. The summed E-state index contributed by atoms with van der Waals surface area (Å²) in [5.41, 5.74) is 0. The molecule has 1 fully saturated rings. The molecule has 1 heterocycles. The summed E-state index contributed by atoms with van der Waals surface area (Å²) >= 11 is 0. The van der Waals surface area contributed by atoms with Crippen molar-refractivity contribution in [2.24, 2.45) is 0 Å². The zero-order chi connectivity index (χ0) is 12.8. The third-order valence-electron chi connectivity index (χ3n) is 3.53. The van der Waals surface area contributed by atoms with Crippen molar-refractivity contribution in [2.45, 2.75) is 32.2 Å². The van der Waals surface area contributed by atoms with E-state index in [9.17, 15) is 0 Å². The van der Waals surface area contributed by atoms with Crippen LogP contribution in [-0.2, 0) is 0 Å². The van der Waals surface area contributed by atoms with Crippen LogP contribution in [0.3, 0.4) is 0 Å². The van der Waals surface area contributed by atoms with E-state index in [1.165, 1.54) is 19.4 Å². The lowest BCUT2D eigenvalue weighted by molar-refractivity contribution is 0.233. The highest BCUT2D eigenvalue weighted by molar-refractivity contribution is 5.31. The predicted molar refractivity (Wildman–Crippen MR) is 73.4 cm³/mol. The SMILES string of the molecule is CCOc1ccc(OCCC2CCCN2C)cc1. The Bertz CT molecular complexity index is 350. The van der Waals surface area contributed by atoms with E-state index in [0.29, 0.717) is 12.6 Å². The molecular formula is C15H23NO2. The lowest BCUT2D eigenvalue weighted by atomic mass is 10.1. The molecule has 0 aliphatic carbocycles. The van der Waals surface area contributed by atoms with Crippen LogP contribution in [0, 0.1) is 0 Å². The largest absolute Gasteiger partial charge is 0.494 e. The highest BCUT2D eigenvalue weighted by atomic mass is 16.5. The van der Waals surface area contributed by atoms with Gasteiger partial charge >= 0.3 is 0 Å². The molecule has 3 heteroatoms. The molecule has 0 spiro atoms. The van der Waals surface area contributed by atoms with Crippen molar-refractivity contribution in [3.8, 4) is 11.5 Å². The van der Waals surface area contributed by atoms with Crippen LogP contribution in [0.15, 0.2) is 24.3 Å². The third-order valence-corrected chi connectivity index (χ3v) is 3.53.